The molecule has 1 aromatic rings. The quantitative estimate of drug-likeness (QED) is 0.834. The first-order valence-corrected chi connectivity index (χ1v) is 6.67. The van der Waals surface area contributed by atoms with Gasteiger partial charge in [-0.1, -0.05) is 6.07 Å². The highest BCUT2D eigenvalue weighted by Gasteiger charge is 2.35. The van der Waals surface area contributed by atoms with Crippen molar-refractivity contribution in [2.45, 2.75) is 37.8 Å². The van der Waals surface area contributed by atoms with Crippen LogP contribution in [0.2, 0.25) is 0 Å². The summed E-state index contributed by atoms with van der Waals surface area (Å²) in [6.45, 7) is 0.296. The standard InChI is InChI=1S/C14H18N2O4/c17-11-5-7-16(12(8-11)14(19)20)13(18)4-3-10-2-1-6-15-9-10/h1-2,6,9,11-12,17H,3-5,7-8H2,(H,19,20)/t11-,12+/m0/s1. The lowest BCUT2D eigenvalue weighted by molar-refractivity contribution is -0.154. The smallest absolute Gasteiger partial charge is 0.326 e. The van der Waals surface area contributed by atoms with E-state index in [0.29, 0.717) is 19.4 Å². The molecule has 20 heavy (non-hydrogen) atoms. The Morgan fingerprint density at radius 1 is 1.45 bits per heavy atom. The number of likely N-dealkylation sites (tertiary alicyclic amines) is 1. The maximum absolute atomic E-state index is 12.2. The molecule has 1 saturated heterocycles. The van der Waals surface area contributed by atoms with Crippen LogP contribution in [0, 0.1) is 0 Å². The van der Waals surface area contributed by atoms with Gasteiger partial charge in [0.1, 0.15) is 6.04 Å². The number of carboxylic acid groups (broad SMARTS) is 1. The highest BCUT2D eigenvalue weighted by molar-refractivity contribution is 5.84. The largest absolute Gasteiger partial charge is 0.480 e. The number of carbonyl (C=O) groups excluding carboxylic acids is 1. The Morgan fingerprint density at radius 3 is 2.90 bits per heavy atom. The van der Waals surface area contributed by atoms with E-state index >= 15 is 0 Å². The zero-order valence-electron chi connectivity index (χ0n) is 11.1. The molecule has 108 valence electrons. The predicted octanol–water partition coefficient (Wildman–Crippen LogP) is 0.451. The number of aliphatic hydroxyl groups excluding tert-OH is 1. The van der Waals surface area contributed by atoms with Crippen LogP contribution in [0.1, 0.15) is 24.8 Å². The van der Waals surface area contributed by atoms with Gasteiger partial charge in [-0.2, -0.15) is 0 Å². The molecule has 2 heterocycles. The number of rotatable bonds is 4. The fraction of sp³-hybridized carbons (Fsp3) is 0.500. The van der Waals surface area contributed by atoms with Gasteiger partial charge in [0.25, 0.3) is 0 Å². The Hall–Kier alpha value is -1.95. The summed E-state index contributed by atoms with van der Waals surface area (Å²) in [5.41, 5.74) is 0.949. The number of aliphatic hydroxyl groups is 1. The van der Waals surface area contributed by atoms with Crippen molar-refractivity contribution in [3.8, 4) is 0 Å². The molecule has 0 radical (unpaired) electrons. The normalized spacial score (nSPS) is 22.6. The second-order valence-electron chi connectivity index (χ2n) is 4.98. The van der Waals surface area contributed by atoms with Gasteiger partial charge in [-0.3, -0.25) is 9.78 Å². The molecule has 0 aromatic carbocycles. The molecule has 2 atom stereocenters. The van der Waals surface area contributed by atoms with Gasteiger partial charge in [0, 0.05) is 31.8 Å². The molecule has 1 aliphatic rings. The summed E-state index contributed by atoms with van der Waals surface area (Å²) in [5.74, 6) is -1.24. The molecule has 0 spiro atoms. The molecule has 0 aliphatic carbocycles. The van der Waals surface area contributed by atoms with E-state index in [9.17, 15) is 14.7 Å². The van der Waals surface area contributed by atoms with Crippen molar-refractivity contribution < 1.29 is 19.8 Å². The third kappa shape index (κ3) is 3.54. The second-order valence-corrected chi connectivity index (χ2v) is 4.98. The molecule has 1 fully saturated rings. The lowest BCUT2D eigenvalue weighted by Crippen LogP contribution is -2.51. The Morgan fingerprint density at radius 2 is 2.25 bits per heavy atom. The summed E-state index contributed by atoms with van der Waals surface area (Å²) >= 11 is 0. The molecule has 6 nitrogen and oxygen atoms in total. The first-order valence-electron chi connectivity index (χ1n) is 6.67. The average molecular weight is 278 g/mol. The number of aromatic nitrogens is 1. The van der Waals surface area contributed by atoms with Crippen LogP contribution in [0.4, 0.5) is 0 Å². The third-order valence-electron chi connectivity index (χ3n) is 3.53. The fourth-order valence-corrected chi connectivity index (χ4v) is 2.42. The number of hydrogen-bond donors (Lipinski definition) is 2. The molecule has 2 N–H and O–H groups in total. The van der Waals surface area contributed by atoms with Crippen LogP contribution < -0.4 is 0 Å². The van der Waals surface area contributed by atoms with Gasteiger partial charge in [-0.15, -0.1) is 0 Å². The summed E-state index contributed by atoms with van der Waals surface area (Å²) in [4.78, 5) is 28.7. The summed E-state index contributed by atoms with van der Waals surface area (Å²) in [6.07, 6.45) is 4.05. The van der Waals surface area contributed by atoms with E-state index < -0.39 is 18.1 Å². The number of piperidine rings is 1. The van der Waals surface area contributed by atoms with Crippen LogP contribution in [0.5, 0.6) is 0 Å². The number of carbonyl (C=O) groups is 2. The Bertz CT molecular complexity index is 477. The number of aryl methyl sites for hydroxylation is 1. The minimum absolute atomic E-state index is 0.105. The van der Waals surface area contributed by atoms with Gasteiger partial charge in [0.15, 0.2) is 0 Å². The van der Waals surface area contributed by atoms with E-state index in [0.717, 1.165) is 5.56 Å². The molecule has 1 amide bonds. The van der Waals surface area contributed by atoms with Crippen molar-refractivity contribution in [2.75, 3.05) is 6.54 Å². The molecule has 6 heteroatoms. The maximum atomic E-state index is 12.2. The fourth-order valence-electron chi connectivity index (χ4n) is 2.42. The van der Waals surface area contributed by atoms with E-state index in [1.807, 2.05) is 6.07 Å². The molecule has 0 saturated carbocycles. The van der Waals surface area contributed by atoms with Crippen LogP contribution in [0.15, 0.2) is 24.5 Å². The van der Waals surface area contributed by atoms with Gasteiger partial charge in [0.05, 0.1) is 6.10 Å². The van der Waals surface area contributed by atoms with Crippen molar-refractivity contribution >= 4 is 11.9 Å². The van der Waals surface area contributed by atoms with Gasteiger partial charge >= 0.3 is 5.97 Å². The average Bonchev–Trinajstić information content (AvgIpc) is 2.45. The van der Waals surface area contributed by atoms with E-state index in [-0.39, 0.29) is 18.7 Å². The monoisotopic (exact) mass is 278 g/mol. The summed E-state index contributed by atoms with van der Waals surface area (Å²) < 4.78 is 0. The first kappa shape index (κ1) is 14.5. The van der Waals surface area contributed by atoms with Gasteiger partial charge in [0.2, 0.25) is 5.91 Å². The minimum atomic E-state index is -1.06. The van der Waals surface area contributed by atoms with Gasteiger partial charge in [-0.25, -0.2) is 4.79 Å². The molecular weight excluding hydrogens is 260 g/mol. The van der Waals surface area contributed by atoms with Crippen molar-refractivity contribution in [1.82, 2.24) is 9.88 Å². The molecule has 0 bridgehead atoms. The van der Waals surface area contributed by atoms with Crippen molar-refractivity contribution in [2.24, 2.45) is 0 Å². The van der Waals surface area contributed by atoms with Crippen molar-refractivity contribution in [3.05, 3.63) is 30.1 Å². The minimum Gasteiger partial charge on any atom is -0.480 e. The number of nitrogens with zero attached hydrogens (tertiary/aromatic N) is 2. The zero-order valence-corrected chi connectivity index (χ0v) is 11.1. The number of amides is 1. The number of aliphatic carboxylic acids is 1. The second kappa shape index (κ2) is 6.47. The zero-order chi connectivity index (χ0) is 14.5. The topological polar surface area (TPSA) is 90.7 Å². The predicted molar refractivity (Wildman–Crippen MR) is 70.9 cm³/mol. The lowest BCUT2D eigenvalue weighted by atomic mass is 9.98. The van der Waals surface area contributed by atoms with Gasteiger partial charge < -0.3 is 15.1 Å². The lowest BCUT2D eigenvalue weighted by Gasteiger charge is -2.35. The van der Waals surface area contributed by atoms with Crippen LogP contribution in [0.25, 0.3) is 0 Å². The highest BCUT2D eigenvalue weighted by atomic mass is 16.4. The van der Waals surface area contributed by atoms with Crippen molar-refractivity contribution in [1.29, 1.82) is 0 Å². The van der Waals surface area contributed by atoms with Gasteiger partial charge in [-0.05, 0) is 24.5 Å². The van der Waals surface area contributed by atoms with E-state index in [1.54, 1.807) is 18.5 Å². The summed E-state index contributed by atoms with van der Waals surface area (Å²) in [7, 11) is 0. The molecule has 1 aliphatic heterocycles. The maximum Gasteiger partial charge on any atom is 0.326 e. The van der Waals surface area contributed by atoms with Crippen molar-refractivity contribution in [3.63, 3.8) is 0 Å². The molecule has 0 unspecified atom stereocenters. The van der Waals surface area contributed by atoms with E-state index in [2.05, 4.69) is 4.98 Å². The van der Waals surface area contributed by atoms with E-state index in [4.69, 9.17) is 5.11 Å². The Kier molecular flexibility index (Phi) is 4.68. The van der Waals surface area contributed by atoms with Crippen LogP contribution in [-0.2, 0) is 16.0 Å². The van der Waals surface area contributed by atoms with Crippen LogP contribution in [-0.4, -0.2) is 50.7 Å². The number of pyridine rings is 1. The molecule has 1 aromatic heterocycles. The molecular formula is C14H18N2O4. The van der Waals surface area contributed by atoms with E-state index in [1.165, 1.54) is 4.90 Å². The first-order chi connectivity index (χ1) is 9.58. The van der Waals surface area contributed by atoms with Crippen LogP contribution in [0.3, 0.4) is 0 Å². The highest BCUT2D eigenvalue weighted by Crippen LogP contribution is 2.19. The Labute approximate surface area is 117 Å². The summed E-state index contributed by atoms with van der Waals surface area (Å²) in [6, 6.07) is 2.77. The number of hydrogen-bond acceptors (Lipinski definition) is 4. The third-order valence-corrected chi connectivity index (χ3v) is 3.53. The summed E-state index contributed by atoms with van der Waals surface area (Å²) in [5, 5.41) is 18.7. The number of carboxylic acids is 1. The Balaban J connectivity index is 1.95. The molecule has 2 rings (SSSR count). The van der Waals surface area contributed by atoms with Crippen LogP contribution >= 0.6 is 0 Å². The SMILES string of the molecule is O=C(O)[C@H]1C[C@@H](O)CCN1C(=O)CCc1cccnc1.